The molecule has 0 fully saturated rings. The number of Topliss-reactive ketones (excluding diaryl/α,β-unsaturated/α-hetero) is 2. The smallest absolute Gasteiger partial charge is 0.348 e. The van der Waals surface area contributed by atoms with Crippen LogP contribution in [0.5, 0.6) is 0 Å². The Balaban J connectivity index is 1.78. The third-order valence-corrected chi connectivity index (χ3v) is 4.40. The van der Waals surface area contributed by atoms with E-state index in [1.54, 1.807) is 18.2 Å². The molecule has 6 nitrogen and oxygen atoms in total. The van der Waals surface area contributed by atoms with Crippen molar-refractivity contribution >= 4 is 23.2 Å². The lowest BCUT2D eigenvalue weighted by Gasteiger charge is -2.15. The first-order valence-corrected chi connectivity index (χ1v) is 8.91. The largest absolute Gasteiger partial charge is 0.470 e. The van der Waals surface area contributed by atoms with E-state index in [4.69, 9.17) is 9.47 Å². The summed E-state index contributed by atoms with van der Waals surface area (Å²) in [5.74, 6) is -1.66. The summed E-state index contributed by atoms with van der Waals surface area (Å²) in [7, 11) is 0. The fraction of sp³-hybridized carbons (Fsp3) is 0.227. The zero-order valence-electron chi connectivity index (χ0n) is 15.9. The number of carbonyl (C=O) groups is 3. The Morgan fingerprint density at radius 3 is 2.54 bits per heavy atom. The van der Waals surface area contributed by atoms with E-state index in [2.05, 4.69) is 5.32 Å². The van der Waals surface area contributed by atoms with Gasteiger partial charge >= 0.3 is 5.97 Å². The number of benzene rings is 2. The van der Waals surface area contributed by atoms with Crippen LogP contribution >= 0.6 is 0 Å². The Labute approximate surface area is 163 Å². The second-order valence-corrected chi connectivity index (χ2v) is 6.64. The Bertz CT molecular complexity index is 962. The first-order chi connectivity index (χ1) is 13.4. The maximum absolute atomic E-state index is 12.7. The van der Waals surface area contributed by atoms with Crippen LogP contribution in [0.2, 0.25) is 0 Å². The molecule has 0 saturated heterocycles. The molecule has 1 atom stereocenters. The minimum atomic E-state index is -1.04. The maximum Gasteiger partial charge on any atom is 0.348 e. The number of ketones is 2. The van der Waals surface area contributed by atoms with Gasteiger partial charge in [-0.25, -0.2) is 4.79 Å². The van der Waals surface area contributed by atoms with Gasteiger partial charge < -0.3 is 14.8 Å². The zero-order chi connectivity index (χ0) is 20.3. The molecule has 1 aliphatic rings. The number of aryl methyl sites for hydroxylation is 2. The minimum Gasteiger partial charge on any atom is -0.470 e. The monoisotopic (exact) mass is 379 g/mol. The fourth-order valence-electron chi connectivity index (χ4n) is 2.86. The summed E-state index contributed by atoms with van der Waals surface area (Å²) in [5.41, 5.74) is 2.67. The van der Waals surface area contributed by atoms with Gasteiger partial charge in [0.2, 0.25) is 17.4 Å². The third kappa shape index (κ3) is 4.11. The van der Waals surface area contributed by atoms with E-state index in [1.807, 2.05) is 44.2 Å². The number of hydrogen-bond acceptors (Lipinski definition) is 6. The summed E-state index contributed by atoms with van der Waals surface area (Å²) in [6, 6.07) is 14.5. The van der Waals surface area contributed by atoms with Gasteiger partial charge in [0, 0.05) is 11.3 Å². The summed E-state index contributed by atoms with van der Waals surface area (Å²) in [6.45, 7) is 4.94. The van der Waals surface area contributed by atoms with Crippen molar-refractivity contribution in [2.45, 2.75) is 26.9 Å². The predicted octanol–water partition coefficient (Wildman–Crippen LogP) is 3.34. The van der Waals surface area contributed by atoms with Crippen molar-refractivity contribution in [1.82, 2.24) is 0 Å². The number of rotatable bonds is 6. The first kappa shape index (κ1) is 19.4. The molecule has 0 saturated carbocycles. The SMILES string of the molecule is Cc1ccc(C)c(C(=O)[C@@H](C)OC(=O)C2=C(Nc3ccccc3)OCC2=O)c1. The summed E-state index contributed by atoms with van der Waals surface area (Å²) in [6.07, 6.45) is -1.04. The topological polar surface area (TPSA) is 81.7 Å². The van der Waals surface area contributed by atoms with Crippen LogP contribution in [0, 0.1) is 13.8 Å². The van der Waals surface area contributed by atoms with Crippen LogP contribution in [-0.4, -0.2) is 30.2 Å². The number of nitrogens with one attached hydrogen (secondary N) is 1. The van der Waals surface area contributed by atoms with Gasteiger partial charge in [-0.1, -0.05) is 35.9 Å². The van der Waals surface area contributed by atoms with Gasteiger partial charge in [-0.2, -0.15) is 0 Å². The number of esters is 1. The highest BCUT2D eigenvalue weighted by molar-refractivity contribution is 6.20. The molecule has 2 aromatic rings. The normalized spacial score (nSPS) is 14.5. The van der Waals surface area contributed by atoms with Crippen molar-refractivity contribution in [3.05, 3.63) is 76.7 Å². The summed E-state index contributed by atoms with van der Waals surface area (Å²) in [4.78, 5) is 37.4. The van der Waals surface area contributed by atoms with Crippen molar-refractivity contribution in [2.24, 2.45) is 0 Å². The zero-order valence-corrected chi connectivity index (χ0v) is 15.9. The van der Waals surface area contributed by atoms with Crippen LogP contribution in [0.4, 0.5) is 5.69 Å². The van der Waals surface area contributed by atoms with Crippen LogP contribution < -0.4 is 5.32 Å². The molecular weight excluding hydrogens is 358 g/mol. The van der Waals surface area contributed by atoms with Gasteiger partial charge in [0.05, 0.1) is 0 Å². The maximum atomic E-state index is 12.7. The predicted molar refractivity (Wildman–Crippen MR) is 104 cm³/mol. The van der Waals surface area contributed by atoms with Crippen molar-refractivity contribution in [3.8, 4) is 0 Å². The second-order valence-electron chi connectivity index (χ2n) is 6.64. The van der Waals surface area contributed by atoms with E-state index in [9.17, 15) is 14.4 Å². The van der Waals surface area contributed by atoms with Crippen molar-refractivity contribution in [3.63, 3.8) is 0 Å². The molecule has 6 heteroatoms. The third-order valence-electron chi connectivity index (χ3n) is 4.40. The Morgan fingerprint density at radius 1 is 1.11 bits per heavy atom. The van der Waals surface area contributed by atoms with E-state index in [0.717, 1.165) is 11.1 Å². The lowest BCUT2D eigenvalue weighted by atomic mass is 9.99. The molecular formula is C22H21NO5. The van der Waals surface area contributed by atoms with Gasteiger partial charge in [-0.3, -0.25) is 9.59 Å². The van der Waals surface area contributed by atoms with Gasteiger partial charge in [-0.05, 0) is 44.5 Å². The first-order valence-electron chi connectivity index (χ1n) is 8.91. The average molecular weight is 379 g/mol. The van der Waals surface area contributed by atoms with Gasteiger partial charge in [0.25, 0.3) is 0 Å². The van der Waals surface area contributed by atoms with Crippen LogP contribution in [0.25, 0.3) is 0 Å². The molecule has 0 unspecified atom stereocenters. The second kappa shape index (κ2) is 8.08. The molecule has 0 spiro atoms. The quantitative estimate of drug-likeness (QED) is 0.471. The van der Waals surface area contributed by atoms with Crippen molar-refractivity contribution in [2.75, 3.05) is 11.9 Å². The highest BCUT2D eigenvalue weighted by atomic mass is 16.6. The molecule has 0 radical (unpaired) electrons. The molecule has 3 rings (SSSR count). The number of carbonyl (C=O) groups excluding carboxylic acids is 3. The van der Waals surface area contributed by atoms with E-state index >= 15 is 0 Å². The van der Waals surface area contributed by atoms with E-state index in [1.165, 1.54) is 6.92 Å². The standard InChI is InChI=1S/C22H21NO5/c1-13-9-10-14(2)17(11-13)20(25)15(3)28-22(26)19-18(24)12-27-21(19)23-16-7-5-4-6-8-16/h4-11,15,23H,12H2,1-3H3/t15-/m1/s1. The number of hydrogen-bond donors (Lipinski definition) is 1. The molecule has 28 heavy (non-hydrogen) atoms. The van der Waals surface area contributed by atoms with Crippen molar-refractivity contribution < 1.29 is 23.9 Å². The van der Waals surface area contributed by atoms with Crippen LogP contribution in [0.1, 0.15) is 28.4 Å². The molecule has 1 N–H and O–H groups in total. The minimum absolute atomic E-state index is 0.0348. The number of para-hydroxylation sites is 1. The summed E-state index contributed by atoms with van der Waals surface area (Å²) >= 11 is 0. The Hall–Kier alpha value is -3.41. The average Bonchev–Trinajstić information content (AvgIpc) is 3.04. The van der Waals surface area contributed by atoms with Crippen LogP contribution in [0.3, 0.4) is 0 Å². The van der Waals surface area contributed by atoms with E-state index in [0.29, 0.717) is 11.3 Å². The van der Waals surface area contributed by atoms with Gasteiger partial charge in [-0.15, -0.1) is 0 Å². The van der Waals surface area contributed by atoms with Gasteiger partial charge in [0.15, 0.2) is 18.3 Å². The van der Waals surface area contributed by atoms with E-state index in [-0.39, 0.29) is 23.8 Å². The molecule has 0 bridgehead atoms. The van der Waals surface area contributed by atoms with Crippen molar-refractivity contribution in [1.29, 1.82) is 0 Å². The molecule has 2 aromatic carbocycles. The fourth-order valence-corrected chi connectivity index (χ4v) is 2.86. The molecule has 144 valence electrons. The summed E-state index contributed by atoms with van der Waals surface area (Å²) < 4.78 is 10.6. The lowest BCUT2D eigenvalue weighted by molar-refractivity contribution is -0.142. The van der Waals surface area contributed by atoms with Crippen LogP contribution in [0.15, 0.2) is 60.0 Å². The summed E-state index contributed by atoms with van der Waals surface area (Å²) in [5, 5.41) is 2.90. The highest BCUT2D eigenvalue weighted by Crippen LogP contribution is 2.22. The molecule has 1 heterocycles. The number of anilines is 1. The Kier molecular flexibility index (Phi) is 5.59. The molecule has 0 aliphatic carbocycles. The molecule has 1 aliphatic heterocycles. The lowest BCUT2D eigenvalue weighted by Crippen LogP contribution is -2.27. The molecule has 0 amide bonds. The van der Waals surface area contributed by atoms with Gasteiger partial charge in [0.1, 0.15) is 0 Å². The Morgan fingerprint density at radius 2 is 1.82 bits per heavy atom. The molecule has 0 aromatic heterocycles. The van der Waals surface area contributed by atoms with E-state index < -0.39 is 17.9 Å². The van der Waals surface area contributed by atoms with Crippen LogP contribution in [-0.2, 0) is 19.1 Å². The highest BCUT2D eigenvalue weighted by Gasteiger charge is 2.34. The number of ether oxygens (including phenoxy) is 2.